The number of amides is 1. The van der Waals surface area contributed by atoms with Crippen molar-refractivity contribution in [2.24, 2.45) is 0 Å². The van der Waals surface area contributed by atoms with Gasteiger partial charge in [0.1, 0.15) is 0 Å². The summed E-state index contributed by atoms with van der Waals surface area (Å²) in [6.45, 7) is -0.227. The van der Waals surface area contributed by atoms with Crippen molar-refractivity contribution in [3.63, 3.8) is 0 Å². The van der Waals surface area contributed by atoms with E-state index in [0.717, 1.165) is 6.92 Å². The molecule has 32 heavy (non-hydrogen) atoms. The minimum atomic E-state index is -8.63. The Bertz CT molecular complexity index is 680. The minimum Gasteiger partial charge on any atom is -0.356 e. The summed E-state index contributed by atoms with van der Waals surface area (Å²) in [5.41, 5.74) is 0. The molecule has 0 aliphatic rings. The highest BCUT2D eigenvalue weighted by Gasteiger charge is 2.95. The smallest absolute Gasteiger partial charge is 0.356 e. The lowest BCUT2D eigenvalue weighted by Crippen LogP contribution is -2.74. The van der Waals surface area contributed by atoms with Gasteiger partial charge in [0.05, 0.1) is 0 Å². The van der Waals surface area contributed by atoms with Crippen LogP contribution in [0.15, 0.2) is 0 Å². The Morgan fingerprint density at radius 2 is 0.875 bits per heavy atom. The molecule has 0 fully saturated rings. The standard InChI is InChI=1S/C13H10F17NO/c1-5(32)31-4-2-3-6(14,15)7(16,17)8(18,19)9(20,21)10(22,23)11(24,25)12(26,27)13(28,29)30/h2-4H2,1H3,(H,31,32). The van der Waals surface area contributed by atoms with E-state index in [0.29, 0.717) is 0 Å². The molecule has 0 aliphatic heterocycles. The van der Waals surface area contributed by atoms with Crippen molar-refractivity contribution in [2.45, 2.75) is 67.4 Å². The minimum absolute atomic E-state index is 0.750. The maximum atomic E-state index is 13.5. The highest BCUT2D eigenvalue weighted by molar-refractivity contribution is 5.72. The van der Waals surface area contributed by atoms with Crippen LogP contribution in [0.25, 0.3) is 0 Å². The van der Waals surface area contributed by atoms with Crippen molar-refractivity contribution in [1.29, 1.82) is 0 Å². The highest BCUT2D eigenvalue weighted by atomic mass is 19.4. The van der Waals surface area contributed by atoms with E-state index in [4.69, 9.17) is 0 Å². The summed E-state index contributed by atoms with van der Waals surface area (Å²) in [6, 6.07) is 0. The molecule has 0 spiro atoms. The molecule has 0 aromatic carbocycles. The number of carbonyl (C=O) groups excluding carboxylic acids is 1. The molecule has 0 saturated carbocycles. The van der Waals surface area contributed by atoms with Crippen molar-refractivity contribution in [2.75, 3.05) is 6.54 Å². The van der Waals surface area contributed by atoms with Gasteiger partial charge in [0.2, 0.25) is 5.91 Å². The van der Waals surface area contributed by atoms with Gasteiger partial charge in [-0.2, -0.15) is 74.6 Å². The molecule has 0 rings (SSSR count). The third kappa shape index (κ3) is 4.38. The molecule has 0 radical (unpaired) electrons. The van der Waals surface area contributed by atoms with Gasteiger partial charge in [0.15, 0.2) is 0 Å². The van der Waals surface area contributed by atoms with Gasteiger partial charge in [-0.15, -0.1) is 0 Å². The zero-order chi connectivity index (χ0) is 26.4. The predicted molar refractivity (Wildman–Crippen MR) is 68.6 cm³/mol. The molecule has 0 aliphatic carbocycles. The molecular formula is C13H10F17NO. The monoisotopic (exact) mass is 519 g/mol. The second-order valence-electron chi connectivity index (χ2n) is 6.24. The zero-order valence-corrected chi connectivity index (χ0v) is 15.0. The summed E-state index contributed by atoms with van der Waals surface area (Å²) >= 11 is 0. The van der Waals surface area contributed by atoms with Crippen LogP contribution in [0.4, 0.5) is 74.6 Å². The third-order valence-corrected chi connectivity index (χ3v) is 3.83. The number of hydrogen-bond acceptors (Lipinski definition) is 1. The number of alkyl halides is 17. The molecule has 0 aromatic rings. The molecule has 2 nitrogen and oxygen atoms in total. The maximum absolute atomic E-state index is 13.5. The molecule has 0 saturated heterocycles. The Hall–Kier alpha value is -1.72. The first-order valence-electron chi connectivity index (χ1n) is 7.62. The van der Waals surface area contributed by atoms with E-state index < -0.39 is 72.9 Å². The summed E-state index contributed by atoms with van der Waals surface area (Å²) < 4.78 is 221. The topological polar surface area (TPSA) is 29.1 Å². The largest absolute Gasteiger partial charge is 0.460 e. The molecule has 0 bridgehead atoms. The zero-order valence-electron chi connectivity index (χ0n) is 15.0. The predicted octanol–water partition coefficient (Wildman–Crippen LogP) is 5.91. The van der Waals surface area contributed by atoms with Crippen LogP contribution in [0.2, 0.25) is 0 Å². The molecular weight excluding hydrogens is 509 g/mol. The quantitative estimate of drug-likeness (QED) is 0.282. The van der Waals surface area contributed by atoms with Crippen molar-refractivity contribution in [3.05, 3.63) is 0 Å². The van der Waals surface area contributed by atoms with Crippen LogP contribution in [0.3, 0.4) is 0 Å². The molecule has 19 heteroatoms. The molecule has 1 amide bonds. The Morgan fingerprint density at radius 1 is 0.562 bits per heavy atom. The van der Waals surface area contributed by atoms with E-state index >= 15 is 0 Å². The molecule has 0 heterocycles. The maximum Gasteiger partial charge on any atom is 0.460 e. The molecule has 0 atom stereocenters. The Labute approximate surface area is 166 Å². The van der Waals surface area contributed by atoms with Crippen LogP contribution in [0.5, 0.6) is 0 Å². The van der Waals surface area contributed by atoms with Crippen molar-refractivity contribution >= 4 is 5.91 Å². The second kappa shape index (κ2) is 8.25. The Morgan fingerprint density at radius 3 is 1.19 bits per heavy atom. The van der Waals surface area contributed by atoms with Crippen molar-refractivity contribution in [1.82, 2.24) is 5.32 Å². The van der Waals surface area contributed by atoms with E-state index in [1.54, 1.807) is 5.32 Å². The fraction of sp³-hybridized carbons (Fsp3) is 0.923. The van der Waals surface area contributed by atoms with Gasteiger partial charge in [0.25, 0.3) is 0 Å². The normalized spacial score (nSPS) is 15.7. The lowest BCUT2D eigenvalue weighted by atomic mass is 9.88. The first-order chi connectivity index (χ1) is 13.7. The number of rotatable bonds is 10. The lowest BCUT2D eigenvalue weighted by Gasteiger charge is -2.42. The first kappa shape index (κ1) is 30.3. The Balaban J connectivity index is 6.33. The van der Waals surface area contributed by atoms with Gasteiger partial charge >= 0.3 is 47.6 Å². The molecule has 0 aromatic heterocycles. The fourth-order valence-corrected chi connectivity index (χ4v) is 1.93. The van der Waals surface area contributed by atoms with Gasteiger partial charge in [-0.3, -0.25) is 4.79 Å². The van der Waals surface area contributed by atoms with Crippen LogP contribution >= 0.6 is 0 Å². The summed E-state index contributed by atoms with van der Waals surface area (Å²) in [5.74, 6) is -57.2. The van der Waals surface area contributed by atoms with Crippen LogP contribution < -0.4 is 5.32 Å². The number of nitrogens with one attached hydrogen (secondary N) is 1. The number of hydrogen-bond donors (Lipinski definition) is 1. The van der Waals surface area contributed by atoms with Gasteiger partial charge in [-0.1, -0.05) is 0 Å². The van der Waals surface area contributed by atoms with Crippen molar-refractivity contribution < 1.29 is 79.4 Å². The van der Waals surface area contributed by atoms with Crippen LogP contribution in [0.1, 0.15) is 19.8 Å². The van der Waals surface area contributed by atoms with Gasteiger partial charge in [-0.25, -0.2) is 0 Å². The second-order valence-corrected chi connectivity index (χ2v) is 6.24. The van der Waals surface area contributed by atoms with Crippen LogP contribution in [-0.4, -0.2) is 60.1 Å². The SMILES string of the molecule is CC(=O)NCCCC(F)(F)C(F)(F)C(F)(F)C(F)(F)C(F)(F)C(F)(F)C(F)(F)C(F)(F)F. The lowest BCUT2D eigenvalue weighted by molar-refractivity contribution is -0.461. The number of carbonyl (C=O) groups is 1. The van der Waals surface area contributed by atoms with E-state index in [9.17, 15) is 79.4 Å². The molecule has 192 valence electrons. The van der Waals surface area contributed by atoms with Gasteiger partial charge in [-0.05, 0) is 6.42 Å². The van der Waals surface area contributed by atoms with Crippen LogP contribution in [-0.2, 0) is 4.79 Å². The van der Waals surface area contributed by atoms with Crippen molar-refractivity contribution in [3.8, 4) is 0 Å². The average molecular weight is 519 g/mol. The van der Waals surface area contributed by atoms with E-state index in [2.05, 4.69) is 0 Å². The van der Waals surface area contributed by atoms with E-state index in [1.165, 1.54) is 0 Å². The third-order valence-electron chi connectivity index (χ3n) is 3.83. The summed E-state index contributed by atoms with van der Waals surface area (Å²) in [7, 11) is 0. The number of halogens is 17. The molecule has 0 unspecified atom stereocenters. The average Bonchev–Trinajstić information content (AvgIpc) is 2.56. The van der Waals surface area contributed by atoms with Crippen LogP contribution in [0, 0.1) is 0 Å². The van der Waals surface area contributed by atoms with Gasteiger partial charge in [0, 0.05) is 19.9 Å². The molecule has 1 N–H and O–H groups in total. The fourth-order valence-electron chi connectivity index (χ4n) is 1.93. The highest BCUT2D eigenvalue weighted by Crippen LogP contribution is 2.64. The van der Waals surface area contributed by atoms with E-state index in [-0.39, 0.29) is 0 Å². The summed E-state index contributed by atoms with van der Waals surface area (Å²) in [4.78, 5) is 10.5. The summed E-state index contributed by atoms with van der Waals surface area (Å²) in [6.07, 6.45) is -11.7. The Kier molecular flexibility index (Phi) is 7.81. The van der Waals surface area contributed by atoms with E-state index in [1.807, 2.05) is 0 Å². The summed E-state index contributed by atoms with van der Waals surface area (Å²) in [5, 5.41) is 1.65. The van der Waals surface area contributed by atoms with Gasteiger partial charge < -0.3 is 5.32 Å². The first-order valence-corrected chi connectivity index (χ1v) is 7.62.